The topological polar surface area (TPSA) is 35.6 Å². The van der Waals surface area contributed by atoms with Gasteiger partial charge in [0, 0.05) is 19.3 Å². The van der Waals surface area contributed by atoms with Crippen LogP contribution in [-0.4, -0.2) is 19.3 Å². The van der Waals surface area contributed by atoms with Crippen molar-refractivity contribution in [2.24, 2.45) is 7.05 Å². The summed E-state index contributed by atoms with van der Waals surface area (Å²) in [4.78, 5) is 4.39. The molecule has 0 amide bonds. The number of imidazole rings is 1. The predicted octanol–water partition coefficient (Wildman–Crippen LogP) is 2.64. The summed E-state index contributed by atoms with van der Waals surface area (Å²) in [5.74, 6) is 0.629. The van der Waals surface area contributed by atoms with Crippen molar-refractivity contribution < 1.29 is 4.39 Å². The number of hydrogen-bond donors (Lipinski definition) is 0. The molecular formula is C12H10ClFN4. The number of aromatic nitrogens is 4. The highest BCUT2D eigenvalue weighted by molar-refractivity contribution is 6.17. The van der Waals surface area contributed by atoms with E-state index in [9.17, 15) is 4.39 Å². The molecule has 6 heteroatoms. The average Bonchev–Trinajstić information content (AvgIpc) is 2.91. The number of hydrogen-bond acceptors (Lipinski definition) is 2. The fraction of sp³-hybridized carbons (Fsp3) is 0.167. The summed E-state index contributed by atoms with van der Waals surface area (Å²) >= 11 is 5.90. The third-order valence-electron chi connectivity index (χ3n) is 2.75. The summed E-state index contributed by atoms with van der Waals surface area (Å²) < 4.78 is 16.9. The molecule has 0 spiro atoms. The Morgan fingerprint density at radius 3 is 2.89 bits per heavy atom. The molecule has 3 rings (SSSR count). The van der Waals surface area contributed by atoms with Gasteiger partial charge < -0.3 is 0 Å². The van der Waals surface area contributed by atoms with E-state index >= 15 is 0 Å². The lowest BCUT2D eigenvalue weighted by Gasteiger charge is -2.03. The Kier molecular flexibility index (Phi) is 2.56. The number of nitrogens with zero attached hydrogens (tertiary/aromatic N) is 4. The van der Waals surface area contributed by atoms with Gasteiger partial charge in [-0.25, -0.2) is 9.37 Å². The highest BCUT2D eigenvalue weighted by Gasteiger charge is 2.13. The van der Waals surface area contributed by atoms with Gasteiger partial charge in [0.1, 0.15) is 11.6 Å². The Hall–Kier alpha value is -1.88. The SMILES string of the molecule is Cn1cc(-n2c(CCl)nc3ccc(F)cc32)cn1. The molecule has 1 aromatic carbocycles. The second-order valence-electron chi connectivity index (χ2n) is 4.00. The van der Waals surface area contributed by atoms with Crippen molar-refractivity contribution in [3.05, 3.63) is 42.2 Å². The lowest BCUT2D eigenvalue weighted by molar-refractivity contribution is 0.629. The molecule has 18 heavy (non-hydrogen) atoms. The van der Waals surface area contributed by atoms with E-state index in [-0.39, 0.29) is 11.7 Å². The summed E-state index contributed by atoms with van der Waals surface area (Å²) in [7, 11) is 1.82. The van der Waals surface area contributed by atoms with Crippen LogP contribution >= 0.6 is 11.6 Å². The van der Waals surface area contributed by atoms with Gasteiger partial charge in [-0.2, -0.15) is 5.10 Å². The Morgan fingerprint density at radius 1 is 1.39 bits per heavy atom. The summed E-state index contributed by atoms with van der Waals surface area (Å²) in [5.41, 5.74) is 2.23. The molecule has 0 atom stereocenters. The Morgan fingerprint density at radius 2 is 2.22 bits per heavy atom. The van der Waals surface area contributed by atoms with Gasteiger partial charge in [-0.05, 0) is 12.1 Å². The van der Waals surface area contributed by atoms with Crippen LogP contribution in [0.15, 0.2) is 30.6 Å². The molecule has 0 saturated heterocycles. The Bertz CT molecular complexity index is 716. The largest absolute Gasteiger partial charge is 0.292 e. The van der Waals surface area contributed by atoms with Crippen LogP contribution < -0.4 is 0 Å². The van der Waals surface area contributed by atoms with Gasteiger partial charge in [0.2, 0.25) is 0 Å². The maximum Gasteiger partial charge on any atom is 0.129 e. The molecule has 2 aromatic heterocycles. The molecule has 2 heterocycles. The van der Waals surface area contributed by atoms with E-state index in [0.29, 0.717) is 11.3 Å². The zero-order valence-corrected chi connectivity index (χ0v) is 10.4. The molecule has 3 aromatic rings. The normalized spacial score (nSPS) is 11.3. The van der Waals surface area contributed by atoms with Crippen molar-refractivity contribution >= 4 is 22.6 Å². The van der Waals surface area contributed by atoms with E-state index in [1.807, 2.05) is 17.8 Å². The minimum Gasteiger partial charge on any atom is -0.292 e. The van der Waals surface area contributed by atoms with Crippen LogP contribution in [0, 0.1) is 5.82 Å². The van der Waals surface area contributed by atoms with Crippen molar-refractivity contribution in [2.45, 2.75) is 5.88 Å². The zero-order chi connectivity index (χ0) is 12.7. The van der Waals surface area contributed by atoms with Crippen LogP contribution in [0.5, 0.6) is 0 Å². The molecule has 0 aliphatic carbocycles. The first-order valence-electron chi connectivity index (χ1n) is 5.41. The maximum absolute atomic E-state index is 13.4. The molecule has 0 unspecified atom stereocenters. The van der Waals surface area contributed by atoms with Gasteiger partial charge >= 0.3 is 0 Å². The Labute approximate surface area is 108 Å². The van der Waals surface area contributed by atoms with Crippen LogP contribution in [0.2, 0.25) is 0 Å². The lowest BCUT2D eigenvalue weighted by atomic mass is 10.3. The molecular weight excluding hydrogens is 255 g/mol. The van der Waals surface area contributed by atoms with Crippen molar-refractivity contribution in [2.75, 3.05) is 0 Å². The van der Waals surface area contributed by atoms with E-state index in [0.717, 1.165) is 11.2 Å². The van der Waals surface area contributed by atoms with Crippen molar-refractivity contribution in [1.82, 2.24) is 19.3 Å². The van der Waals surface area contributed by atoms with Crippen LogP contribution in [0.25, 0.3) is 16.7 Å². The third-order valence-corrected chi connectivity index (χ3v) is 2.99. The number of aryl methyl sites for hydroxylation is 1. The Balaban J connectivity index is 2.34. The summed E-state index contributed by atoms with van der Waals surface area (Å²) in [6, 6.07) is 4.49. The quantitative estimate of drug-likeness (QED) is 0.667. The van der Waals surface area contributed by atoms with Gasteiger partial charge in [0.05, 0.1) is 28.8 Å². The van der Waals surface area contributed by atoms with Crippen molar-refractivity contribution in [3.8, 4) is 5.69 Å². The minimum atomic E-state index is -0.298. The molecule has 92 valence electrons. The van der Waals surface area contributed by atoms with Crippen molar-refractivity contribution in [1.29, 1.82) is 0 Å². The number of benzene rings is 1. The van der Waals surface area contributed by atoms with Crippen LogP contribution in [0.4, 0.5) is 4.39 Å². The number of alkyl halides is 1. The van der Waals surface area contributed by atoms with E-state index < -0.39 is 0 Å². The van der Waals surface area contributed by atoms with Crippen LogP contribution in [-0.2, 0) is 12.9 Å². The maximum atomic E-state index is 13.4. The third kappa shape index (κ3) is 1.67. The standard InChI is InChI=1S/C12H10ClFN4/c1-17-7-9(6-15-17)18-11-4-8(14)2-3-10(11)16-12(18)5-13/h2-4,6-7H,5H2,1H3. The average molecular weight is 265 g/mol. The first-order chi connectivity index (χ1) is 8.69. The molecule has 0 saturated carbocycles. The fourth-order valence-corrected chi connectivity index (χ4v) is 2.18. The number of fused-ring (bicyclic) bond motifs is 1. The second-order valence-corrected chi connectivity index (χ2v) is 4.27. The second kappa shape index (κ2) is 4.10. The predicted molar refractivity (Wildman–Crippen MR) is 67.4 cm³/mol. The lowest BCUT2D eigenvalue weighted by Crippen LogP contribution is -1.98. The van der Waals surface area contributed by atoms with Crippen molar-refractivity contribution in [3.63, 3.8) is 0 Å². The molecule has 0 fully saturated rings. The summed E-state index contributed by atoms with van der Waals surface area (Å²) in [6.07, 6.45) is 3.53. The molecule has 0 N–H and O–H groups in total. The molecule has 0 aliphatic rings. The smallest absolute Gasteiger partial charge is 0.129 e. The first kappa shape index (κ1) is 11.2. The van der Waals surface area contributed by atoms with Gasteiger partial charge in [-0.3, -0.25) is 9.25 Å². The van der Waals surface area contributed by atoms with E-state index in [2.05, 4.69) is 10.1 Å². The monoisotopic (exact) mass is 264 g/mol. The summed E-state index contributed by atoms with van der Waals surface area (Å²) in [5, 5.41) is 4.11. The van der Waals surface area contributed by atoms with Gasteiger partial charge in [0.25, 0.3) is 0 Å². The van der Waals surface area contributed by atoms with E-state index in [1.54, 1.807) is 16.9 Å². The van der Waals surface area contributed by atoms with Gasteiger partial charge in [0.15, 0.2) is 0 Å². The first-order valence-corrected chi connectivity index (χ1v) is 5.94. The zero-order valence-electron chi connectivity index (χ0n) is 9.64. The van der Waals surface area contributed by atoms with Gasteiger partial charge in [-0.15, -0.1) is 11.6 Å². The highest BCUT2D eigenvalue weighted by Crippen LogP contribution is 2.23. The van der Waals surface area contributed by atoms with Gasteiger partial charge in [-0.1, -0.05) is 0 Å². The fourth-order valence-electron chi connectivity index (χ4n) is 2.00. The molecule has 0 aliphatic heterocycles. The summed E-state index contributed by atoms with van der Waals surface area (Å²) in [6.45, 7) is 0. The molecule has 0 radical (unpaired) electrons. The minimum absolute atomic E-state index is 0.255. The van der Waals surface area contributed by atoms with Crippen LogP contribution in [0.3, 0.4) is 0 Å². The highest BCUT2D eigenvalue weighted by atomic mass is 35.5. The number of halogens is 2. The molecule has 4 nitrogen and oxygen atoms in total. The van der Waals surface area contributed by atoms with E-state index in [1.165, 1.54) is 12.1 Å². The van der Waals surface area contributed by atoms with E-state index in [4.69, 9.17) is 11.6 Å². The number of rotatable bonds is 2. The molecule has 0 bridgehead atoms. The van der Waals surface area contributed by atoms with Crippen LogP contribution in [0.1, 0.15) is 5.82 Å².